The van der Waals surface area contributed by atoms with Crippen LogP contribution in [0.2, 0.25) is 0 Å². The summed E-state index contributed by atoms with van der Waals surface area (Å²) < 4.78 is 11.8. The van der Waals surface area contributed by atoms with E-state index in [1.165, 1.54) is 5.56 Å². The monoisotopic (exact) mass is 398 g/mol. The zero-order valence-electron chi connectivity index (χ0n) is 11.6. The summed E-state index contributed by atoms with van der Waals surface area (Å²) in [5, 5.41) is 0. The number of alkyl halides is 1. The smallest absolute Gasteiger partial charge is 0.161 e. The number of aryl methyl sites for hydroxylation is 1. The van der Waals surface area contributed by atoms with Gasteiger partial charge in [0, 0.05) is 4.47 Å². The SMILES string of the molecule is COc1cc(C)c(C(Br)c2ccccc2Br)cc1OC. The molecule has 0 N–H and O–H groups in total. The lowest BCUT2D eigenvalue weighted by Gasteiger charge is -2.18. The molecule has 0 fully saturated rings. The van der Waals surface area contributed by atoms with Crippen LogP contribution < -0.4 is 9.47 Å². The number of methoxy groups -OCH3 is 2. The molecule has 0 saturated heterocycles. The minimum absolute atomic E-state index is 0.0953. The van der Waals surface area contributed by atoms with E-state index in [1.54, 1.807) is 14.2 Å². The molecule has 106 valence electrons. The van der Waals surface area contributed by atoms with Crippen molar-refractivity contribution in [2.75, 3.05) is 14.2 Å². The van der Waals surface area contributed by atoms with Gasteiger partial charge in [0.15, 0.2) is 11.5 Å². The van der Waals surface area contributed by atoms with Crippen LogP contribution in [0.4, 0.5) is 0 Å². The van der Waals surface area contributed by atoms with Crippen LogP contribution in [-0.4, -0.2) is 14.2 Å². The van der Waals surface area contributed by atoms with Gasteiger partial charge in [0.2, 0.25) is 0 Å². The first kappa shape index (κ1) is 15.4. The third-order valence-corrected chi connectivity index (χ3v) is 4.93. The second-order valence-corrected chi connectivity index (χ2v) is 6.22. The molecule has 0 radical (unpaired) electrons. The van der Waals surface area contributed by atoms with Crippen LogP contribution in [0.15, 0.2) is 40.9 Å². The Morgan fingerprint density at radius 2 is 1.55 bits per heavy atom. The predicted molar refractivity (Wildman–Crippen MR) is 89.2 cm³/mol. The summed E-state index contributed by atoms with van der Waals surface area (Å²) in [6.07, 6.45) is 0. The van der Waals surface area contributed by atoms with Gasteiger partial charge in [-0.25, -0.2) is 0 Å². The van der Waals surface area contributed by atoms with E-state index in [0.29, 0.717) is 0 Å². The lowest BCUT2D eigenvalue weighted by molar-refractivity contribution is 0.354. The van der Waals surface area contributed by atoms with Crippen molar-refractivity contribution in [1.29, 1.82) is 0 Å². The number of rotatable bonds is 4. The number of halogens is 2. The number of ether oxygens (including phenoxy) is 2. The van der Waals surface area contributed by atoms with E-state index in [4.69, 9.17) is 9.47 Å². The molecule has 2 rings (SSSR count). The van der Waals surface area contributed by atoms with Gasteiger partial charge in [-0.1, -0.05) is 50.1 Å². The van der Waals surface area contributed by atoms with Crippen molar-refractivity contribution < 1.29 is 9.47 Å². The molecule has 1 unspecified atom stereocenters. The Bertz CT molecular complexity index is 611. The summed E-state index contributed by atoms with van der Waals surface area (Å²) in [6.45, 7) is 2.07. The van der Waals surface area contributed by atoms with Crippen LogP contribution in [-0.2, 0) is 0 Å². The van der Waals surface area contributed by atoms with Crippen LogP contribution >= 0.6 is 31.9 Å². The van der Waals surface area contributed by atoms with E-state index in [0.717, 1.165) is 27.1 Å². The molecule has 0 amide bonds. The van der Waals surface area contributed by atoms with Gasteiger partial charge in [-0.3, -0.25) is 0 Å². The van der Waals surface area contributed by atoms with Gasteiger partial charge in [-0.15, -0.1) is 0 Å². The topological polar surface area (TPSA) is 18.5 Å². The predicted octanol–water partition coefficient (Wildman–Crippen LogP) is 5.26. The van der Waals surface area contributed by atoms with E-state index in [2.05, 4.69) is 44.8 Å². The maximum Gasteiger partial charge on any atom is 0.161 e. The second-order valence-electron chi connectivity index (χ2n) is 4.45. The maximum atomic E-state index is 5.39. The fourth-order valence-corrected chi connectivity index (χ4v) is 3.83. The van der Waals surface area contributed by atoms with Gasteiger partial charge < -0.3 is 9.47 Å². The van der Waals surface area contributed by atoms with Gasteiger partial charge in [0.1, 0.15) is 0 Å². The molecule has 0 heterocycles. The normalized spacial score (nSPS) is 12.1. The van der Waals surface area contributed by atoms with Gasteiger partial charge in [0.25, 0.3) is 0 Å². The molecule has 0 saturated carbocycles. The zero-order chi connectivity index (χ0) is 14.7. The zero-order valence-corrected chi connectivity index (χ0v) is 14.8. The molecule has 0 aromatic heterocycles. The summed E-state index contributed by atoms with van der Waals surface area (Å²) in [5.41, 5.74) is 3.50. The van der Waals surface area contributed by atoms with Gasteiger partial charge >= 0.3 is 0 Å². The molecule has 1 atom stereocenters. The minimum atomic E-state index is 0.0953. The Kier molecular flexibility index (Phi) is 5.11. The van der Waals surface area contributed by atoms with Crippen molar-refractivity contribution in [2.45, 2.75) is 11.8 Å². The van der Waals surface area contributed by atoms with Crippen molar-refractivity contribution >= 4 is 31.9 Å². The first-order valence-electron chi connectivity index (χ1n) is 6.19. The van der Waals surface area contributed by atoms with Gasteiger partial charge in [0.05, 0.1) is 19.0 Å². The average Bonchev–Trinajstić information content (AvgIpc) is 2.46. The molecule has 0 aliphatic heterocycles. The number of hydrogen-bond donors (Lipinski definition) is 0. The Balaban J connectivity index is 2.50. The van der Waals surface area contributed by atoms with Crippen molar-refractivity contribution in [3.8, 4) is 11.5 Å². The summed E-state index contributed by atoms with van der Waals surface area (Å²) in [5.74, 6) is 1.49. The number of benzene rings is 2. The van der Waals surface area contributed by atoms with Crippen LogP contribution in [0.1, 0.15) is 21.5 Å². The van der Waals surface area contributed by atoms with Gasteiger partial charge in [-0.2, -0.15) is 0 Å². The first-order chi connectivity index (χ1) is 9.58. The highest BCUT2D eigenvalue weighted by Crippen LogP contribution is 2.40. The minimum Gasteiger partial charge on any atom is -0.493 e. The summed E-state index contributed by atoms with van der Waals surface area (Å²) in [4.78, 5) is 0.0953. The highest BCUT2D eigenvalue weighted by molar-refractivity contribution is 9.11. The molecule has 2 nitrogen and oxygen atoms in total. The van der Waals surface area contributed by atoms with Crippen molar-refractivity contribution in [1.82, 2.24) is 0 Å². The Labute approximate surface area is 136 Å². The van der Waals surface area contributed by atoms with Crippen LogP contribution in [0, 0.1) is 6.92 Å². The van der Waals surface area contributed by atoms with Crippen LogP contribution in [0.25, 0.3) is 0 Å². The molecular weight excluding hydrogens is 384 g/mol. The largest absolute Gasteiger partial charge is 0.493 e. The Morgan fingerprint density at radius 1 is 0.950 bits per heavy atom. The quantitative estimate of drug-likeness (QED) is 0.653. The summed E-state index contributed by atoms with van der Waals surface area (Å²) in [6, 6.07) is 12.2. The standard InChI is InChI=1S/C16H16Br2O2/c1-10-8-14(19-2)15(20-3)9-12(10)16(18)11-6-4-5-7-13(11)17/h4-9,16H,1-3H3. The van der Waals surface area contributed by atoms with Crippen molar-refractivity contribution in [3.05, 3.63) is 57.6 Å². The van der Waals surface area contributed by atoms with Crippen molar-refractivity contribution in [2.24, 2.45) is 0 Å². The second kappa shape index (κ2) is 6.64. The van der Waals surface area contributed by atoms with Crippen LogP contribution in [0.5, 0.6) is 11.5 Å². The fourth-order valence-electron chi connectivity index (χ4n) is 2.12. The van der Waals surface area contributed by atoms with Crippen LogP contribution in [0.3, 0.4) is 0 Å². The van der Waals surface area contributed by atoms with Gasteiger partial charge in [-0.05, 0) is 41.8 Å². The van der Waals surface area contributed by atoms with E-state index < -0.39 is 0 Å². The number of hydrogen-bond acceptors (Lipinski definition) is 2. The van der Waals surface area contributed by atoms with E-state index >= 15 is 0 Å². The Hall–Kier alpha value is -1.00. The highest BCUT2D eigenvalue weighted by Gasteiger charge is 2.18. The lowest BCUT2D eigenvalue weighted by Crippen LogP contribution is -2.00. The first-order valence-corrected chi connectivity index (χ1v) is 7.90. The van der Waals surface area contributed by atoms with E-state index in [1.807, 2.05) is 30.3 Å². The van der Waals surface area contributed by atoms with Crippen molar-refractivity contribution in [3.63, 3.8) is 0 Å². The molecular formula is C16H16Br2O2. The Morgan fingerprint density at radius 3 is 2.15 bits per heavy atom. The third-order valence-electron chi connectivity index (χ3n) is 3.22. The fraction of sp³-hybridized carbons (Fsp3) is 0.250. The molecule has 0 aliphatic rings. The molecule has 20 heavy (non-hydrogen) atoms. The summed E-state index contributed by atoms with van der Waals surface area (Å²) in [7, 11) is 3.30. The lowest BCUT2D eigenvalue weighted by atomic mass is 9.99. The highest BCUT2D eigenvalue weighted by atomic mass is 79.9. The molecule has 0 aliphatic carbocycles. The molecule has 4 heteroatoms. The molecule has 2 aromatic carbocycles. The maximum absolute atomic E-state index is 5.39. The van der Waals surface area contributed by atoms with E-state index in [9.17, 15) is 0 Å². The average molecular weight is 400 g/mol. The van der Waals surface area contributed by atoms with E-state index in [-0.39, 0.29) is 4.83 Å². The molecule has 0 bridgehead atoms. The summed E-state index contributed by atoms with van der Waals surface area (Å²) >= 11 is 7.38. The molecule has 2 aromatic rings. The molecule has 0 spiro atoms. The third kappa shape index (κ3) is 3.01.